The zero-order valence-electron chi connectivity index (χ0n) is 29.5. The van der Waals surface area contributed by atoms with Gasteiger partial charge in [-0.25, -0.2) is 0 Å². The van der Waals surface area contributed by atoms with Gasteiger partial charge in [0.05, 0.1) is 19.8 Å². The number of hydrogen-bond donors (Lipinski definition) is 0. The third-order valence-electron chi connectivity index (χ3n) is 9.08. The van der Waals surface area contributed by atoms with Crippen molar-refractivity contribution in [2.75, 3.05) is 13.7 Å². The van der Waals surface area contributed by atoms with Crippen molar-refractivity contribution in [2.24, 2.45) is 0 Å². The van der Waals surface area contributed by atoms with Gasteiger partial charge in [0.2, 0.25) is 5.79 Å². The van der Waals surface area contributed by atoms with E-state index in [0.717, 1.165) is 22.3 Å². The summed E-state index contributed by atoms with van der Waals surface area (Å²) in [4.78, 5) is 13.0. The Morgan fingerprint density at radius 3 is 1.76 bits per heavy atom. The van der Waals surface area contributed by atoms with Crippen LogP contribution >= 0.6 is 11.6 Å². The topological polar surface area (TPSA) is 72.5 Å². The second-order valence-corrected chi connectivity index (χ2v) is 13.3. The summed E-state index contributed by atoms with van der Waals surface area (Å²) in [6.07, 6.45) is -7.36. The molecule has 54 heavy (non-hydrogen) atoms. The molecule has 0 bridgehead atoms. The van der Waals surface area contributed by atoms with E-state index >= 15 is 0 Å². The van der Waals surface area contributed by atoms with Crippen LogP contribution in [0.4, 0.5) is 13.2 Å². The highest BCUT2D eigenvalue weighted by Crippen LogP contribution is 2.44. The van der Waals surface area contributed by atoms with Crippen molar-refractivity contribution in [3.8, 4) is 5.75 Å². The lowest BCUT2D eigenvalue weighted by Crippen LogP contribution is -2.65. The van der Waals surface area contributed by atoms with Crippen LogP contribution in [-0.2, 0) is 60.5 Å². The van der Waals surface area contributed by atoms with Gasteiger partial charge in [0.1, 0.15) is 30.2 Å². The molecule has 11 heteroatoms. The number of carbonyl (C=O) groups is 1. The minimum absolute atomic E-state index is 0.0914. The van der Waals surface area contributed by atoms with E-state index in [2.05, 4.69) is 0 Å². The third kappa shape index (κ3) is 9.95. The highest BCUT2D eigenvalue weighted by molar-refractivity contribution is 6.31. The van der Waals surface area contributed by atoms with E-state index in [1.807, 2.05) is 97.1 Å². The van der Waals surface area contributed by atoms with Gasteiger partial charge in [0.15, 0.2) is 12.9 Å². The molecule has 1 saturated heterocycles. The zero-order chi connectivity index (χ0) is 38.0. The first-order chi connectivity index (χ1) is 26.2. The van der Waals surface area contributed by atoms with Crippen LogP contribution in [0.15, 0.2) is 133 Å². The molecule has 0 radical (unpaired) electrons. The highest BCUT2D eigenvalue weighted by Gasteiger charge is 2.58. The fourth-order valence-electron chi connectivity index (χ4n) is 6.42. The molecule has 0 amide bonds. The van der Waals surface area contributed by atoms with E-state index < -0.39 is 43.0 Å². The summed E-state index contributed by atoms with van der Waals surface area (Å²) in [6.45, 7) is -0.864. The number of rotatable bonds is 16. The van der Waals surface area contributed by atoms with Crippen molar-refractivity contribution in [1.82, 2.24) is 0 Å². The standard InChI is InChI=1S/C43H40ClF3O7/c1-49-43(35-19-22-37(44)34(24-35)23-30-17-20-36(21-18-30)53-29-42(45,46)47)41(52-28-33-15-9-4-10-16-33)40(51-27-32-13-7-3-8-14-32)39(38(25-48)54-43)50-26-31-11-5-2-6-12-31/h2-22,24-25,38-41H,23,26-29H2,1H3/t38-,39-,40-,41+,43-/m0/s1. The number of hydrogen-bond acceptors (Lipinski definition) is 7. The van der Waals surface area contributed by atoms with Gasteiger partial charge in [-0.05, 0) is 58.5 Å². The fraction of sp³-hybridized carbons (Fsp3) is 0.279. The molecule has 5 aromatic carbocycles. The normalized spacial score (nSPS) is 21.4. The largest absolute Gasteiger partial charge is 0.484 e. The molecule has 282 valence electrons. The number of alkyl halides is 3. The van der Waals surface area contributed by atoms with Crippen LogP contribution < -0.4 is 4.74 Å². The van der Waals surface area contributed by atoms with Crippen LogP contribution in [0.3, 0.4) is 0 Å². The van der Waals surface area contributed by atoms with Gasteiger partial charge in [0.25, 0.3) is 0 Å². The van der Waals surface area contributed by atoms with Crippen molar-refractivity contribution in [3.63, 3.8) is 0 Å². The fourth-order valence-corrected chi connectivity index (χ4v) is 6.60. The third-order valence-corrected chi connectivity index (χ3v) is 9.45. The van der Waals surface area contributed by atoms with Gasteiger partial charge in [-0.15, -0.1) is 0 Å². The van der Waals surface area contributed by atoms with Gasteiger partial charge in [-0.1, -0.05) is 121 Å². The molecule has 7 nitrogen and oxygen atoms in total. The second-order valence-electron chi connectivity index (χ2n) is 12.9. The van der Waals surface area contributed by atoms with Gasteiger partial charge < -0.3 is 33.2 Å². The minimum Gasteiger partial charge on any atom is -0.484 e. The second kappa shape index (κ2) is 18.2. The minimum atomic E-state index is -4.45. The SMILES string of the molecule is CO[C@@]1(c2ccc(Cl)c(Cc3ccc(OCC(F)(F)F)cc3)c2)O[C@@H](C=O)[C@H](OCc2ccccc2)[C@H](OCc2ccccc2)[C@H]1OCc1ccccc1. The quantitative estimate of drug-likeness (QED) is 0.0930. The maximum Gasteiger partial charge on any atom is 0.422 e. The van der Waals surface area contributed by atoms with Crippen LogP contribution in [0.1, 0.15) is 33.4 Å². The zero-order valence-corrected chi connectivity index (χ0v) is 30.2. The van der Waals surface area contributed by atoms with Gasteiger partial charge >= 0.3 is 6.18 Å². The lowest BCUT2D eigenvalue weighted by Gasteiger charge is -2.51. The van der Waals surface area contributed by atoms with Crippen molar-refractivity contribution in [1.29, 1.82) is 0 Å². The molecular formula is C43H40ClF3O7. The number of methoxy groups -OCH3 is 1. The molecule has 0 spiro atoms. The lowest BCUT2D eigenvalue weighted by molar-refractivity contribution is -0.373. The summed E-state index contributed by atoms with van der Waals surface area (Å²) in [5, 5.41) is 0.438. The van der Waals surface area contributed by atoms with Crippen LogP contribution in [0.5, 0.6) is 5.75 Å². The van der Waals surface area contributed by atoms with Crippen molar-refractivity contribution < 1.29 is 46.4 Å². The molecule has 0 N–H and O–H groups in total. The first kappa shape index (κ1) is 39.2. The monoisotopic (exact) mass is 760 g/mol. The Balaban J connectivity index is 1.37. The molecule has 1 aliphatic rings. The lowest BCUT2D eigenvalue weighted by atomic mass is 9.86. The van der Waals surface area contributed by atoms with Crippen LogP contribution in [0.25, 0.3) is 0 Å². The summed E-state index contributed by atoms with van der Waals surface area (Å²) >= 11 is 6.74. The Morgan fingerprint density at radius 2 is 1.24 bits per heavy atom. The van der Waals surface area contributed by atoms with E-state index in [9.17, 15) is 18.0 Å². The first-order valence-corrected chi connectivity index (χ1v) is 17.8. The smallest absolute Gasteiger partial charge is 0.422 e. The predicted octanol–water partition coefficient (Wildman–Crippen LogP) is 9.03. The van der Waals surface area contributed by atoms with Crippen LogP contribution in [0, 0.1) is 0 Å². The van der Waals surface area contributed by atoms with E-state index in [-0.39, 0.29) is 25.6 Å². The Bertz CT molecular complexity index is 1910. The molecule has 5 aromatic rings. The van der Waals surface area contributed by atoms with Crippen LogP contribution in [-0.4, -0.2) is 50.6 Å². The van der Waals surface area contributed by atoms with Crippen molar-refractivity contribution in [3.05, 3.63) is 172 Å². The summed E-state index contributed by atoms with van der Waals surface area (Å²) in [6, 6.07) is 40.4. The number of halogens is 4. The number of ether oxygens (including phenoxy) is 6. The van der Waals surface area contributed by atoms with Crippen LogP contribution in [0.2, 0.25) is 5.02 Å². The summed E-state index contributed by atoms with van der Waals surface area (Å²) in [5.74, 6) is -1.60. The Morgan fingerprint density at radius 1 is 0.704 bits per heavy atom. The van der Waals surface area contributed by atoms with E-state index in [1.54, 1.807) is 24.3 Å². The molecule has 0 aliphatic carbocycles. The van der Waals surface area contributed by atoms with E-state index in [4.69, 9.17) is 40.0 Å². The maximum absolute atomic E-state index is 13.0. The van der Waals surface area contributed by atoms with Gasteiger partial charge in [-0.2, -0.15) is 13.2 Å². The Labute approximate surface area is 317 Å². The molecule has 0 aromatic heterocycles. The molecule has 5 atom stereocenters. The number of aldehydes is 1. The Kier molecular flexibility index (Phi) is 13.2. The summed E-state index contributed by atoms with van der Waals surface area (Å²) < 4.78 is 75.9. The highest BCUT2D eigenvalue weighted by atomic mass is 35.5. The molecule has 1 heterocycles. The molecule has 1 aliphatic heterocycles. The number of benzene rings is 5. The molecule has 1 fully saturated rings. The average Bonchev–Trinajstić information content (AvgIpc) is 3.19. The van der Waals surface area contributed by atoms with E-state index in [0.29, 0.717) is 28.9 Å². The van der Waals surface area contributed by atoms with Crippen molar-refractivity contribution >= 4 is 17.9 Å². The molecular weight excluding hydrogens is 721 g/mol. The summed E-state index contributed by atoms with van der Waals surface area (Å²) in [5.41, 5.74) is 4.65. The Hall–Kier alpha value is -4.55. The molecule has 0 saturated carbocycles. The summed E-state index contributed by atoms with van der Waals surface area (Å²) in [7, 11) is 1.48. The first-order valence-electron chi connectivity index (χ1n) is 17.4. The van der Waals surface area contributed by atoms with Gasteiger partial charge in [-0.3, -0.25) is 0 Å². The van der Waals surface area contributed by atoms with Crippen molar-refractivity contribution in [2.45, 2.75) is 62.6 Å². The number of carbonyl (C=O) groups excluding carboxylic acids is 1. The predicted molar refractivity (Wildman–Crippen MR) is 197 cm³/mol. The maximum atomic E-state index is 13.0. The molecule has 0 unspecified atom stereocenters. The van der Waals surface area contributed by atoms with E-state index in [1.165, 1.54) is 19.2 Å². The van der Waals surface area contributed by atoms with Gasteiger partial charge in [0, 0.05) is 17.7 Å². The molecule has 6 rings (SSSR count). The average molecular weight is 761 g/mol.